The number of nitrogens with zero attached hydrogens (tertiary/aromatic N) is 2. The lowest BCUT2D eigenvalue weighted by molar-refractivity contribution is -0.135. The van der Waals surface area contributed by atoms with Gasteiger partial charge in [0.1, 0.15) is 6.04 Å². The molecule has 0 bridgehead atoms. The van der Waals surface area contributed by atoms with Crippen molar-refractivity contribution in [1.82, 2.24) is 15.2 Å². The summed E-state index contributed by atoms with van der Waals surface area (Å²) in [5.74, 6) is -0.116. The molecule has 1 N–H and O–H groups in total. The second-order valence-electron chi connectivity index (χ2n) is 4.67. The fourth-order valence-electron chi connectivity index (χ4n) is 2.13. The fraction of sp³-hybridized carbons (Fsp3) is 0.462. The van der Waals surface area contributed by atoms with E-state index in [-0.39, 0.29) is 17.9 Å². The molecular weight excluding hydrogens is 230 g/mol. The van der Waals surface area contributed by atoms with Gasteiger partial charge in [0.25, 0.3) is 0 Å². The minimum absolute atomic E-state index is 0.0443. The third-order valence-electron chi connectivity index (χ3n) is 3.12. The Morgan fingerprint density at radius 1 is 1.44 bits per heavy atom. The quantitative estimate of drug-likeness (QED) is 0.837. The van der Waals surface area contributed by atoms with Crippen LogP contribution in [-0.4, -0.2) is 33.8 Å². The fourth-order valence-corrected chi connectivity index (χ4v) is 2.13. The van der Waals surface area contributed by atoms with E-state index >= 15 is 0 Å². The number of aromatic nitrogens is 1. The van der Waals surface area contributed by atoms with Crippen molar-refractivity contribution >= 4 is 11.8 Å². The number of hydrogen-bond donors (Lipinski definition) is 1. The molecule has 5 nitrogen and oxygen atoms in total. The van der Waals surface area contributed by atoms with E-state index in [9.17, 15) is 9.59 Å². The molecule has 0 aromatic carbocycles. The Balaban J connectivity index is 2.18. The van der Waals surface area contributed by atoms with Crippen LogP contribution in [0.2, 0.25) is 0 Å². The zero-order chi connectivity index (χ0) is 13.1. The number of nitrogens with one attached hydrogen (secondary N) is 1. The molecule has 1 fully saturated rings. The Morgan fingerprint density at radius 3 is 2.89 bits per heavy atom. The smallest absolute Gasteiger partial charge is 0.245 e. The van der Waals surface area contributed by atoms with Crippen molar-refractivity contribution in [3.8, 4) is 0 Å². The molecule has 0 radical (unpaired) electrons. The van der Waals surface area contributed by atoms with Crippen LogP contribution in [0.5, 0.6) is 0 Å². The molecule has 1 aromatic rings. The first-order valence-corrected chi connectivity index (χ1v) is 6.06. The van der Waals surface area contributed by atoms with Crippen LogP contribution in [0.4, 0.5) is 0 Å². The van der Waals surface area contributed by atoms with Gasteiger partial charge in [0.05, 0.1) is 0 Å². The average Bonchev–Trinajstić information content (AvgIpc) is 2.43. The van der Waals surface area contributed by atoms with Crippen molar-refractivity contribution in [3.05, 3.63) is 30.1 Å². The second kappa shape index (κ2) is 5.16. The van der Waals surface area contributed by atoms with Crippen LogP contribution >= 0.6 is 0 Å². The highest BCUT2D eigenvalue weighted by Gasteiger charge is 2.31. The normalized spacial score (nSPS) is 24.7. The van der Waals surface area contributed by atoms with E-state index in [2.05, 4.69) is 10.3 Å². The van der Waals surface area contributed by atoms with E-state index in [1.165, 1.54) is 0 Å². The summed E-state index contributed by atoms with van der Waals surface area (Å²) in [6.45, 7) is 4.10. The van der Waals surface area contributed by atoms with Crippen LogP contribution in [-0.2, 0) is 16.1 Å². The predicted molar refractivity (Wildman–Crippen MR) is 66.5 cm³/mol. The summed E-state index contributed by atoms with van der Waals surface area (Å²) >= 11 is 0. The van der Waals surface area contributed by atoms with Gasteiger partial charge in [0, 0.05) is 31.4 Å². The molecule has 18 heavy (non-hydrogen) atoms. The zero-order valence-electron chi connectivity index (χ0n) is 10.6. The van der Waals surface area contributed by atoms with Crippen molar-refractivity contribution < 1.29 is 9.59 Å². The number of carbonyl (C=O) groups excluding carboxylic acids is 2. The highest BCUT2D eigenvalue weighted by atomic mass is 16.2. The molecule has 0 saturated carbocycles. The minimum atomic E-state index is -0.459. The lowest BCUT2D eigenvalue weighted by Gasteiger charge is -2.27. The molecule has 2 rings (SSSR count). The number of rotatable bonds is 2. The number of carbonyl (C=O) groups is 2. The van der Waals surface area contributed by atoms with Crippen LogP contribution < -0.4 is 5.32 Å². The van der Waals surface area contributed by atoms with Crippen molar-refractivity contribution in [3.63, 3.8) is 0 Å². The Labute approximate surface area is 106 Å². The van der Waals surface area contributed by atoms with Gasteiger partial charge < -0.3 is 10.2 Å². The third kappa shape index (κ3) is 2.67. The van der Waals surface area contributed by atoms with Crippen LogP contribution in [0.15, 0.2) is 24.5 Å². The van der Waals surface area contributed by atoms with E-state index in [0.717, 1.165) is 5.56 Å². The lowest BCUT2D eigenvalue weighted by atomic mass is 10.1. The molecule has 2 atom stereocenters. The summed E-state index contributed by atoms with van der Waals surface area (Å²) in [5.41, 5.74) is 0.972. The van der Waals surface area contributed by atoms with Gasteiger partial charge in [0.15, 0.2) is 0 Å². The second-order valence-corrected chi connectivity index (χ2v) is 4.67. The Hall–Kier alpha value is -1.91. The monoisotopic (exact) mass is 247 g/mol. The molecule has 2 amide bonds. The zero-order valence-corrected chi connectivity index (χ0v) is 10.6. The predicted octanol–water partition coefficient (Wildman–Crippen LogP) is 0.707. The van der Waals surface area contributed by atoms with Gasteiger partial charge in [0.2, 0.25) is 11.8 Å². The van der Waals surface area contributed by atoms with Crippen LogP contribution in [0, 0.1) is 0 Å². The Bertz CT molecular complexity index is 447. The highest BCUT2D eigenvalue weighted by molar-refractivity contribution is 5.90. The summed E-state index contributed by atoms with van der Waals surface area (Å²) in [7, 11) is 0. The summed E-state index contributed by atoms with van der Waals surface area (Å²) in [4.78, 5) is 29.5. The average molecular weight is 247 g/mol. The maximum atomic E-state index is 12.2. The maximum Gasteiger partial charge on any atom is 0.245 e. The molecule has 0 spiro atoms. The molecule has 2 heterocycles. The minimum Gasteiger partial charge on any atom is -0.345 e. The standard InChI is InChI=1S/C13H17N3O2/c1-9-6-12(17)15-10(2)13(18)16(9)8-11-4-3-5-14-7-11/h3-5,7,9-10H,6,8H2,1-2H3,(H,15,17). The van der Waals surface area contributed by atoms with Crippen LogP contribution in [0.25, 0.3) is 0 Å². The van der Waals surface area contributed by atoms with Gasteiger partial charge in [-0.25, -0.2) is 0 Å². The van der Waals surface area contributed by atoms with Gasteiger partial charge in [-0.2, -0.15) is 0 Å². The molecule has 1 aliphatic heterocycles. The van der Waals surface area contributed by atoms with Crippen molar-refractivity contribution in [2.24, 2.45) is 0 Å². The van der Waals surface area contributed by atoms with Crippen LogP contribution in [0.3, 0.4) is 0 Å². The first-order valence-electron chi connectivity index (χ1n) is 6.06. The van der Waals surface area contributed by atoms with Crippen LogP contribution in [0.1, 0.15) is 25.8 Å². The largest absolute Gasteiger partial charge is 0.345 e. The number of hydrogen-bond acceptors (Lipinski definition) is 3. The van der Waals surface area contributed by atoms with E-state index < -0.39 is 6.04 Å². The first-order chi connectivity index (χ1) is 8.58. The van der Waals surface area contributed by atoms with Gasteiger partial charge in [-0.1, -0.05) is 6.07 Å². The summed E-state index contributed by atoms with van der Waals surface area (Å²) < 4.78 is 0. The molecular formula is C13H17N3O2. The Kier molecular flexibility index (Phi) is 3.60. The summed E-state index contributed by atoms with van der Waals surface area (Å²) in [6, 6.07) is 3.22. The Morgan fingerprint density at radius 2 is 2.22 bits per heavy atom. The van der Waals surface area contributed by atoms with Gasteiger partial charge in [-0.05, 0) is 25.5 Å². The maximum absolute atomic E-state index is 12.2. The summed E-state index contributed by atoms with van der Waals surface area (Å²) in [6.07, 6.45) is 3.78. The number of pyridine rings is 1. The van der Waals surface area contributed by atoms with Gasteiger partial charge >= 0.3 is 0 Å². The molecule has 5 heteroatoms. The molecule has 0 aliphatic carbocycles. The van der Waals surface area contributed by atoms with Crippen molar-refractivity contribution in [1.29, 1.82) is 0 Å². The summed E-state index contributed by atoms with van der Waals surface area (Å²) in [5, 5.41) is 2.69. The topological polar surface area (TPSA) is 62.3 Å². The third-order valence-corrected chi connectivity index (χ3v) is 3.12. The van der Waals surface area contributed by atoms with E-state index in [0.29, 0.717) is 13.0 Å². The molecule has 1 saturated heterocycles. The SMILES string of the molecule is CC1NC(=O)CC(C)N(Cc2cccnc2)C1=O. The molecule has 1 aromatic heterocycles. The lowest BCUT2D eigenvalue weighted by Crippen LogP contribution is -2.44. The van der Waals surface area contributed by atoms with Gasteiger partial charge in [-0.15, -0.1) is 0 Å². The highest BCUT2D eigenvalue weighted by Crippen LogP contribution is 2.14. The molecule has 96 valence electrons. The number of amides is 2. The van der Waals surface area contributed by atoms with E-state index in [1.807, 2.05) is 19.1 Å². The van der Waals surface area contributed by atoms with E-state index in [4.69, 9.17) is 0 Å². The van der Waals surface area contributed by atoms with Crippen molar-refractivity contribution in [2.45, 2.75) is 38.9 Å². The van der Waals surface area contributed by atoms with Crippen molar-refractivity contribution in [2.75, 3.05) is 0 Å². The molecule has 2 unspecified atom stereocenters. The molecule has 1 aliphatic rings. The first kappa shape index (κ1) is 12.5. The van der Waals surface area contributed by atoms with E-state index in [1.54, 1.807) is 24.2 Å². The van der Waals surface area contributed by atoms with Gasteiger partial charge in [-0.3, -0.25) is 14.6 Å².